The zero-order chi connectivity index (χ0) is 16.0. The van der Waals surface area contributed by atoms with Crippen molar-refractivity contribution in [2.75, 3.05) is 5.32 Å². The summed E-state index contributed by atoms with van der Waals surface area (Å²) in [7, 11) is 0. The SMILES string of the molecule is O=C1C[C@H](c2ccccc2I)c2cc(Br)c3ccccc3c2N1. The average Bonchev–Trinajstić information content (AvgIpc) is 2.56. The van der Waals surface area contributed by atoms with E-state index in [2.05, 4.69) is 74.2 Å². The third kappa shape index (κ3) is 2.58. The highest BCUT2D eigenvalue weighted by Gasteiger charge is 2.29. The molecule has 4 rings (SSSR count). The number of amides is 1. The summed E-state index contributed by atoms with van der Waals surface area (Å²) in [6.07, 6.45) is 0.484. The number of fused-ring (bicyclic) bond motifs is 3. The van der Waals surface area contributed by atoms with E-state index in [0.29, 0.717) is 6.42 Å². The maximum absolute atomic E-state index is 12.3. The molecule has 1 aliphatic rings. The largest absolute Gasteiger partial charge is 0.325 e. The summed E-state index contributed by atoms with van der Waals surface area (Å²) in [6.45, 7) is 0. The second-order valence-corrected chi connectivity index (χ2v) is 7.71. The first-order valence-electron chi connectivity index (χ1n) is 7.40. The van der Waals surface area contributed by atoms with E-state index in [1.54, 1.807) is 0 Å². The van der Waals surface area contributed by atoms with Gasteiger partial charge in [0.25, 0.3) is 0 Å². The standard InChI is InChI=1S/C19H13BrINO/c20-16-9-15-14(12-6-3-4-8-17(12)21)10-18(23)22-19(15)13-7-2-1-5-11(13)16/h1-9,14H,10H2,(H,22,23)/t14-/m1/s1. The molecule has 114 valence electrons. The summed E-state index contributed by atoms with van der Waals surface area (Å²) in [4.78, 5) is 12.3. The quantitative estimate of drug-likeness (QED) is 0.449. The van der Waals surface area contributed by atoms with Crippen molar-refractivity contribution in [1.82, 2.24) is 0 Å². The molecule has 0 aliphatic carbocycles. The van der Waals surface area contributed by atoms with E-state index in [9.17, 15) is 4.79 Å². The molecule has 1 atom stereocenters. The van der Waals surface area contributed by atoms with Crippen molar-refractivity contribution in [2.45, 2.75) is 12.3 Å². The van der Waals surface area contributed by atoms with Crippen LogP contribution in [-0.4, -0.2) is 5.91 Å². The van der Waals surface area contributed by atoms with Crippen LogP contribution in [0.15, 0.2) is 59.1 Å². The lowest BCUT2D eigenvalue weighted by molar-refractivity contribution is -0.116. The zero-order valence-electron chi connectivity index (χ0n) is 12.1. The molecule has 0 radical (unpaired) electrons. The van der Waals surface area contributed by atoms with Crippen molar-refractivity contribution in [2.24, 2.45) is 0 Å². The van der Waals surface area contributed by atoms with E-state index in [1.807, 2.05) is 24.3 Å². The van der Waals surface area contributed by atoms with Gasteiger partial charge in [-0.1, -0.05) is 58.4 Å². The smallest absolute Gasteiger partial charge is 0.225 e. The van der Waals surface area contributed by atoms with E-state index in [4.69, 9.17) is 0 Å². The average molecular weight is 478 g/mol. The number of hydrogen-bond acceptors (Lipinski definition) is 1. The van der Waals surface area contributed by atoms with Crippen LogP contribution < -0.4 is 5.32 Å². The fourth-order valence-corrected chi connectivity index (χ4v) is 4.64. The third-order valence-corrected chi connectivity index (χ3v) is 5.97. The molecule has 1 amide bonds. The van der Waals surface area contributed by atoms with E-state index in [-0.39, 0.29) is 11.8 Å². The Kier molecular flexibility index (Phi) is 3.89. The lowest BCUT2D eigenvalue weighted by Gasteiger charge is -2.28. The van der Waals surface area contributed by atoms with Crippen LogP contribution in [0.1, 0.15) is 23.5 Å². The van der Waals surface area contributed by atoms with Crippen molar-refractivity contribution >= 4 is 60.9 Å². The van der Waals surface area contributed by atoms with Crippen molar-refractivity contribution in [3.05, 3.63) is 73.8 Å². The molecule has 0 bridgehead atoms. The minimum atomic E-state index is 0.0784. The van der Waals surface area contributed by atoms with Gasteiger partial charge in [0.2, 0.25) is 5.91 Å². The van der Waals surface area contributed by atoms with Crippen LogP contribution in [0, 0.1) is 3.57 Å². The van der Waals surface area contributed by atoms with E-state index < -0.39 is 0 Å². The Morgan fingerprint density at radius 2 is 1.70 bits per heavy atom. The number of anilines is 1. The first-order chi connectivity index (χ1) is 11.1. The minimum Gasteiger partial charge on any atom is -0.325 e. The van der Waals surface area contributed by atoms with Gasteiger partial charge < -0.3 is 5.32 Å². The van der Waals surface area contributed by atoms with Crippen molar-refractivity contribution < 1.29 is 4.79 Å². The number of halogens is 2. The van der Waals surface area contributed by atoms with Gasteiger partial charge in [-0.3, -0.25) is 4.79 Å². The summed E-state index contributed by atoms with van der Waals surface area (Å²) >= 11 is 6.05. The number of carbonyl (C=O) groups is 1. The van der Waals surface area contributed by atoms with Crippen LogP contribution in [0.4, 0.5) is 5.69 Å². The van der Waals surface area contributed by atoms with Gasteiger partial charge in [-0.15, -0.1) is 0 Å². The normalized spacial score (nSPS) is 17.0. The lowest BCUT2D eigenvalue weighted by Crippen LogP contribution is -2.24. The van der Waals surface area contributed by atoms with Gasteiger partial charge in [0.15, 0.2) is 0 Å². The van der Waals surface area contributed by atoms with Crippen LogP contribution in [0.5, 0.6) is 0 Å². The molecule has 0 saturated heterocycles. The number of benzene rings is 3. The summed E-state index contributed by atoms with van der Waals surface area (Å²) in [5.74, 6) is 0.169. The van der Waals surface area contributed by atoms with Crippen LogP contribution >= 0.6 is 38.5 Å². The maximum atomic E-state index is 12.3. The molecule has 3 aromatic rings. The molecule has 3 aromatic carbocycles. The molecule has 0 saturated carbocycles. The molecular weight excluding hydrogens is 465 g/mol. The van der Waals surface area contributed by atoms with Crippen molar-refractivity contribution in [3.8, 4) is 0 Å². The molecule has 4 heteroatoms. The number of hydrogen-bond donors (Lipinski definition) is 1. The van der Waals surface area contributed by atoms with Crippen LogP contribution in [0.3, 0.4) is 0 Å². The van der Waals surface area contributed by atoms with Crippen LogP contribution in [-0.2, 0) is 4.79 Å². The fourth-order valence-electron chi connectivity index (χ4n) is 3.29. The monoisotopic (exact) mass is 477 g/mol. The Balaban J connectivity index is 2.01. The highest BCUT2D eigenvalue weighted by molar-refractivity contribution is 14.1. The van der Waals surface area contributed by atoms with Gasteiger partial charge >= 0.3 is 0 Å². The molecule has 0 spiro atoms. The molecule has 23 heavy (non-hydrogen) atoms. The number of carbonyl (C=O) groups excluding carboxylic acids is 1. The van der Waals surface area contributed by atoms with Crippen LogP contribution in [0.2, 0.25) is 0 Å². The summed E-state index contributed by atoms with van der Waals surface area (Å²) in [5, 5.41) is 5.29. The van der Waals surface area contributed by atoms with Gasteiger partial charge in [-0.05, 0) is 51.2 Å². The van der Waals surface area contributed by atoms with E-state index >= 15 is 0 Å². The Labute approximate surface area is 156 Å². The van der Waals surface area contributed by atoms with Crippen molar-refractivity contribution in [1.29, 1.82) is 0 Å². The third-order valence-electron chi connectivity index (χ3n) is 4.33. The zero-order valence-corrected chi connectivity index (χ0v) is 15.9. The molecule has 1 aliphatic heterocycles. The van der Waals surface area contributed by atoms with E-state index in [1.165, 1.54) is 14.7 Å². The Morgan fingerprint density at radius 1 is 1.00 bits per heavy atom. The second kappa shape index (κ2) is 5.91. The lowest BCUT2D eigenvalue weighted by atomic mass is 9.83. The summed E-state index contributed by atoms with van der Waals surface area (Å²) in [6, 6.07) is 18.6. The molecule has 0 aromatic heterocycles. The maximum Gasteiger partial charge on any atom is 0.225 e. The highest BCUT2D eigenvalue weighted by Crippen LogP contribution is 2.44. The summed E-state index contributed by atoms with van der Waals surface area (Å²) < 4.78 is 2.26. The molecule has 1 N–H and O–H groups in total. The van der Waals surface area contributed by atoms with Crippen molar-refractivity contribution in [3.63, 3.8) is 0 Å². The van der Waals surface area contributed by atoms with Gasteiger partial charge in [0.1, 0.15) is 0 Å². The first kappa shape index (κ1) is 15.1. The van der Waals surface area contributed by atoms with Gasteiger partial charge in [-0.2, -0.15) is 0 Å². The van der Waals surface area contributed by atoms with Gasteiger partial charge in [0, 0.05) is 25.8 Å². The predicted octanol–water partition coefficient (Wildman–Crippen LogP) is 5.68. The topological polar surface area (TPSA) is 29.1 Å². The molecule has 2 nitrogen and oxygen atoms in total. The minimum absolute atomic E-state index is 0.0784. The summed E-state index contributed by atoms with van der Waals surface area (Å²) in [5.41, 5.74) is 3.34. The molecule has 0 fully saturated rings. The Bertz CT molecular complexity index is 938. The predicted molar refractivity (Wildman–Crippen MR) is 106 cm³/mol. The van der Waals surface area contributed by atoms with Crippen LogP contribution in [0.25, 0.3) is 10.8 Å². The highest BCUT2D eigenvalue weighted by atomic mass is 127. The first-order valence-corrected chi connectivity index (χ1v) is 9.28. The molecule has 1 heterocycles. The molecular formula is C19H13BrINO. The van der Waals surface area contributed by atoms with Gasteiger partial charge in [0.05, 0.1) is 5.69 Å². The number of nitrogens with one attached hydrogen (secondary N) is 1. The van der Waals surface area contributed by atoms with Gasteiger partial charge in [-0.25, -0.2) is 0 Å². The Hall–Kier alpha value is -1.40. The van der Waals surface area contributed by atoms with E-state index in [0.717, 1.165) is 20.9 Å². The fraction of sp³-hybridized carbons (Fsp3) is 0.105. The molecule has 0 unspecified atom stereocenters. The second-order valence-electron chi connectivity index (χ2n) is 5.69. The number of rotatable bonds is 1. The Morgan fingerprint density at radius 3 is 2.48 bits per heavy atom.